The van der Waals surface area contributed by atoms with E-state index >= 15 is 0 Å². The van der Waals surface area contributed by atoms with Crippen molar-refractivity contribution in [1.29, 1.82) is 0 Å². The molecule has 0 saturated heterocycles. The normalized spacial score (nSPS) is 10.7. The van der Waals surface area contributed by atoms with Gasteiger partial charge in [-0.25, -0.2) is 0 Å². The first-order chi connectivity index (χ1) is 5.16. The molecule has 0 aromatic carbocycles. The highest BCUT2D eigenvalue weighted by Crippen LogP contribution is 1.86. The largest absolute Gasteiger partial charge is 0.327 e. The second-order valence-corrected chi connectivity index (χ2v) is 1.93. The third kappa shape index (κ3) is 6.51. The van der Waals surface area contributed by atoms with Crippen molar-refractivity contribution in [3.05, 3.63) is 24.6 Å². The van der Waals surface area contributed by atoms with Gasteiger partial charge in [0.25, 0.3) is 0 Å². The minimum absolute atomic E-state index is 0.125. The molecule has 3 heteroatoms. The van der Waals surface area contributed by atoms with Gasteiger partial charge < -0.3 is 5.32 Å². The molecule has 0 aliphatic rings. The summed E-state index contributed by atoms with van der Waals surface area (Å²) in [7, 11) is 0. The average Bonchev–Trinajstić information content (AvgIpc) is 1.86. The van der Waals surface area contributed by atoms with Crippen LogP contribution in [0.5, 0.6) is 0 Å². The number of allylic oxidation sites excluding steroid dienone is 1. The molecule has 0 atom stereocenters. The number of nitrogens with one attached hydrogen (secondary N) is 1. The van der Waals surface area contributed by atoms with Crippen LogP contribution in [0.4, 0.5) is 0 Å². The standard InChI is InChI=1S/C8H12N2O/c1-4-9-6-5-7(2)10-8(3)11/h4-6H,2H2,1,3H3,(H,10,11)/b6-5-,9-4?. The summed E-state index contributed by atoms with van der Waals surface area (Å²) in [4.78, 5) is 14.2. The van der Waals surface area contributed by atoms with E-state index in [4.69, 9.17) is 0 Å². The van der Waals surface area contributed by atoms with E-state index in [9.17, 15) is 4.79 Å². The molecule has 60 valence electrons. The molecular formula is C8H12N2O. The molecule has 1 N–H and O–H groups in total. The van der Waals surface area contributed by atoms with Crippen molar-refractivity contribution in [2.75, 3.05) is 0 Å². The summed E-state index contributed by atoms with van der Waals surface area (Å²) in [5.41, 5.74) is 0.545. The molecular weight excluding hydrogens is 140 g/mol. The molecule has 0 aromatic heterocycles. The number of carbonyl (C=O) groups excluding carboxylic acids is 1. The first kappa shape index (κ1) is 9.62. The highest BCUT2D eigenvalue weighted by atomic mass is 16.1. The summed E-state index contributed by atoms with van der Waals surface area (Å²) in [6, 6.07) is 0. The van der Waals surface area contributed by atoms with Gasteiger partial charge in [0.2, 0.25) is 5.91 Å². The maximum atomic E-state index is 10.4. The van der Waals surface area contributed by atoms with Crippen molar-refractivity contribution < 1.29 is 4.79 Å². The SMILES string of the molecule is C=C(/C=C\N=CC)NC(C)=O. The van der Waals surface area contributed by atoms with E-state index in [0.29, 0.717) is 5.70 Å². The molecule has 0 unspecified atom stereocenters. The summed E-state index contributed by atoms with van der Waals surface area (Å²) in [6.07, 6.45) is 4.84. The fourth-order valence-electron chi connectivity index (χ4n) is 0.487. The lowest BCUT2D eigenvalue weighted by Crippen LogP contribution is -2.16. The second-order valence-electron chi connectivity index (χ2n) is 1.93. The number of amides is 1. The van der Waals surface area contributed by atoms with E-state index in [1.54, 1.807) is 18.5 Å². The van der Waals surface area contributed by atoms with Crippen molar-refractivity contribution in [2.24, 2.45) is 4.99 Å². The van der Waals surface area contributed by atoms with Gasteiger partial charge in [-0.1, -0.05) is 6.58 Å². The van der Waals surface area contributed by atoms with Gasteiger partial charge in [-0.3, -0.25) is 9.79 Å². The van der Waals surface area contributed by atoms with E-state index in [2.05, 4.69) is 16.9 Å². The fraction of sp³-hybridized carbons (Fsp3) is 0.250. The molecule has 1 amide bonds. The van der Waals surface area contributed by atoms with Crippen LogP contribution in [0.25, 0.3) is 0 Å². The van der Waals surface area contributed by atoms with Crippen LogP contribution < -0.4 is 5.32 Å². The maximum absolute atomic E-state index is 10.4. The molecule has 0 saturated carbocycles. The van der Waals surface area contributed by atoms with Crippen LogP contribution in [-0.4, -0.2) is 12.1 Å². The summed E-state index contributed by atoms with van der Waals surface area (Å²) >= 11 is 0. The van der Waals surface area contributed by atoms with E-state index in [-0.39, 0.29) is 5.91 Å². The Balaban J connectivity index is 3.78. The predicted octanol–water partition coefficient (Wildman–Crippen LogP) is 1.24. The quantitative estimate of drug-likeness (QED) is 0.479. The third-order valence-corrected chi connectivity index (χ3v) is 0.847. The van der Waals surface area contributed by atoms with Crippen LogP contribution >= 0.6 is 0 Å². The Bertz CT molecular complexity index is 204. The smallest absolute Gasteiger partial charge is 0.221 e. The third-order valence-electron chi connectivity index (χ3n) is 0.847. The predicted molar refractivity (Wildman–Crippen MR) is 46.3 cm³/mol. The van der Waals surface area contributed by atoms with Crippen LogP contribution in [0, 0.1) is 0 Å². The highest BCUT2D eigenvalue weighted by Gasteiger charge is 1.88. The lowest BCUT2D eigenvalue weighted by molar-refractivity contribution is -0.118. The molecule has 11 heavy (non-hydrogen) atoms. The molecule has 0 aliphatic carbocycles. The fourth-order valence-corrected chi connectivity index (χ4v) is 0.487. The van der Waals surface area contributed by atoms with Crippen molar-refractivity contribution in [3.8, 4) is 0 Å². The van der Waals surface area contributed by atoms with Gasteiger partial charge in [0.05, 0.1) is 0 Å². The van der Waals surface area contributed by atoms with Crippen LogP contribution in [-0.2, 0) is 4.79 Å². The van der Waals surface area contributed by atoms with Crippen LogP contribution in [0.2, 0.25) is 0 Å². The van der Waals surface area contributed by atoms with Gasteiger partial charge in [0.1, 0.15) is 0 Å². The number of carbonyl (C=O) groups is 1. The van der Waals surface area contributed by atoms with Gasteiger partial charge in [0, 0.05) is 25.0 Å². The molecule has 0 radical (unpaired) electrons. The Labute approximate surface area is 66.5 Å². The van der Waals surface area contributed by atoms with E-state index < -0.39 is 0 Å². The zero-order valence-electron chi connectivity index (χ0n) is 6.79. The van der Waals surface area contributed by atoms with E-state index in [0.717, 1.165) is 0 Å². The van der Waals surface area contributed by atoms with Gasteiger partial charge >= 0.3 is 0 Å². The van der Waals surface area contributed by atoms with Crippen molar-refractivity contribution >= 4 is 12.1 Å². The van der Waals surface area contributed by atoms with Crippen LogP contribution in [0.15, 0.2) is 29.5 Å². The lowest BCUT2D eigenvalue weighted by atomic mass is 10.4. The number of hydrogen-bond acceptors (Lipinski definition) is 2. The zero-order chi connectivity index (χ0) is 8.69. The first-order valence-electron chi connectivity index (χ1n) is 3.27. The average molecular weight is 152 g/mol. The molecule has 0 aliphatic heterocycles. The zero-order valence-corrected chi connectivity index (χ0v) is 6.79. The van der Waals surface area contributed by atoms with Crippen molar-refractivity contribution in [2.45, 2.75) is 13.8 Å². The molecule has 0 rings (SSSR count). The first-order valence-corrected chi connectivity index (χ1v) is 3.27. The minimum Gasteiger partial charge on any atom is -0.327 e. The van der Waals surface area contributed by atoms with Gasteiger partial charge in [0.15, 0.2) is 0 Å². The second kappa shape index (κ2) is 5.41. The molecule has 0 spiro atoms. The Hall–Kier alpha value is -1.38. The summed E-state index contributed by atoms with van der Waals surface area (Å²) in [5, 5.41) is 2.51. The number of hydrogen-bond donors (Lipinski definition) is 1. The minimum atomic E-state index is -0.125. The number of nitrogens with zero attached hydrogens (tertiary/aromatic N) is 1. The van der Waals surface area contributed by atoms with Crippen LogP contribution in [0.3, 0.4) is 0 Å². The van der Waals surface area contributed by atoms with Gasteiger partial charge in [-0.15, -0.1) is 0 Å². The summed E-state index contributed by atoms with van der Waals surface area (Å²) in [6.45, 7) is 6.82. The van der Waals surface area contributed by atoms with Gasteiger partial charge in [-0.2, -0.15) is 0 Å². The lowest BCUT2D eigenvalue weighted by Gasteiger charge is -1.96. The maximum Gasteiger partial charge on any atom is 0.221 e. The number of rotatable bonds is 3. The molecule has 0 aromatic rings. The van der Waals surface area contributed by atoms with Crippen molar-refractivity contribution in [1.82, 2.24) is 5.32 Å². The molecule has 0 fully saturated rings. The Kier molecular flexibility index (Phi) is 4.73. The van der Waals surface area contributed by atoms with Crippen molar-refractivity contribution in [3.63, 3.8) is 0 Å². The molecule has 0 heterocycles. The van der Waals surface area contributed by atoms with E-state index in [1.807, 2.05) is 6.92 Å². The molecule has 3 nitrogen and oxygen atoms in total. The van der Waals surface area contributed by atoms with Gasteiger partial charge in [-0.05, 0) is 13.0 Å². The monoisotopic (exact) mass is 152 g/mol. The summed E-state index contributed by atoms with van der Waals surface area (Å²) < 4.78 is 0. The Morgan fingerprint density at radius 2 is 2.27 bits per heavy atom. The highest BCUT2D eigenvalue weighted by molar-refractivity contribution is 5.75. The Morgan fingerprint density at radius 1 is 1.64 bits per heavy atom. The van der Waals surface area contributed by atoms with Crippen LogP contribution in [0.1, 0.15) is 13.8 Å². The summed E-state index contributed by atoms with van der Waals surface area (Å²) in [5.74, 6) is -0.125. The molecule has 0 bridgehead atoms. The Morgan fingerprint density at radius 3 is 2.73 bits per heavy atom. The van der Waals surface area contributed by atoms with E-state index in [1.165, 1.54) is 6.92 Å². The topological polar surface area (TPSA) is 41.5 Å². The number of aliphatic imine (C=N–C) groups is 1.